The zero-order valence-corrected chi connectivity index (χ0v) is 11.4. The molecule has 1 aromatic rings. The molecule has 0 radical (unpaired) electrons. The second-order valence-electron chi connectivity index (χ2n) is 4.56. The van der Waals surface area contributed by atoms with Crippen LogP contribution in [0.3, 0.4) is 0 Å². The molecule has 1 saturated carbocycles. The van der Waals surface area contributed by atoms with Crippen LogP contribution in [0, 0.1) is 5.95 Å². The third-order valence-corrected chi connectivity index (χ3v) is 4.67. The molecule has 5 heteroatoms. The van der Waals surface area contributed by atoms with Crippen molar-refractivity contribution in [3.05, 3.63) is 29.8 Å². The van der Waals surface area contributed by atoms with Gasteiger partial charge in [0.05, 0.1) is 5.56 Å². The summed E-state index contributed by atoms with van der Waals surface area (Å²) in [5.41, 5.74) is 0.450. The van der Waals surface area contributed by atoms with Gasteiger partial charge in [-0.05, 0) is 31.2 Å². The van der Waals surface area contributed by atoms with Crippen LogP contribution in [0.15, 0.2) is 18.3 Å². The number of amides is 1. The van der Waals surface area contributed by atoms with Crippen LogP contribution in [0.1, 0.15) is 29.6 Å². The first-order chi connectivity index (χ1) is 8.63. The molecule has 0 bridgehead atoms. The number of carbonyl (C=O) groups is 1. The van der Waals surface area contributed by atoms with Gasteiger partial charge in [0.2, 0.25) is 5.95 Å². The van der Waals surface area contributed by atoms with E-state index in [0.717, 1.165) is 19.3 Å². The van der Waals surface area contributed by atoms with Gasteiger partial charge in [-0.2, -0.15) is 16.2 Å². The van der Waals surface area contributed by atoms with Crippen molar-refractivity contribution in [3.63, 3.8) is 0 Å². The highest BCUT2D eigenvalue weighted by Gasteiger charge is 2.32. The summed E-state index contributed by atoms with van der Waals surface area (Å²) in [5.74, 6) is -0.634. The minimum absolute atomic E-state index is 0.0755. The van der Waals surface area contributed by atoms with E-state index in [4.69, 9.17) is 0 Å². The zero-order valence-electron chi connectivity index (χ0n) is 10.6. The average molecular weight is 268 g/mol. The molecule has 1 fully saturated rings. The summed E-state index contributed by atoms with van der Waals surface area (Å²) in [5, 5.41) is 0.507. The molecule has 98 valence electrons. The Balaban J connectivity index is 2.11. The van der Waals surface area contributed by atoms with Crippen molar-refractivity contribution in [2.24, 2.45) is 0 Å². The Bertz CT molecular complexity index is 424. The number of thioether (sulfide) groups is 1. The number of hydrogen-bond donors (Lipinski definition) is 0. The molecule has 0 aliphatic heterocycles. The summed E-state index contributed by atoms with van der Waals surface area (Å²) in [6, 6.07) is 2.99. The fraction of sp³-hybridized carbons (Fsp3) is 0.538. The average Bonchev–Trinajstić information content (AvgIpc) is 2.86. The Hall–Kier alpha value is -1.10. The number of halogens is 1. The summed E-state index contributed by atoms with van der Waals surface area (Å²) < 4.78 is 12.7. The fourth-order valence-corrected chi connectivity index (χ4v) is 3.52. The van der Waals surface area contributed by atoms with Crippen LogP contribution in [-0.4, -0.2) is 40.4 Å². The molecule has 1 aromatic heterocycles. The zero-order chi connectivity index (χ0) is 13.1. The second-order valence-corrected chi connectivity index (χ2v) is 5.63. The van der Waals surface area contributed by atoms with Gasteiger partial charge in [-0.3, -0.25) is 4.79 Å². The van der Waals surface area contributed by atoms with Crippen LogP contribution >= 0.6 is 11.8 Å². The van der Waals surface area contributed by atoms with Gasteiger partial charge in [-0.25, -0.2) is 4.98 Å². The molecule has 1 amide bonds. The second kappa shape index (κ2) is 5.69. The topological polar surface area (TPSA) is 33.2 Å². The van der Waals surface area contributed by atoms with Crippen LogP contribution in [0.2, 0.25) is 0 Å². The molecule has 0 aromatic carbocycles. The van der Waals surface area contributed by atoms with Crippen LogP contribution in [0.4, 0.5) is 4.39 Å². The molecule has 3 nitrogen and oxygen atoms in total. The molecule has 1 aliphatic rings. The summed E-state index contributed by atoms with van der Waals surface area (Å²) in [4.78, 5) is 17.6. The van der Waals surface area contributed by atoms with E-state index in [1.165, 1.54) is 18.3 Å². The van der Waals surface area contributed by atoms with Crippen molar-refractivity contribution in [1.29, 1.82) is 0 Å². The maximum Gasteiger partial charge on any atom is 0.255 e. The van der Waals surface area contributed by atoms with Gasteiger partial charge in [-0.1, -0.05) is 6.42 Å². The van der Waals surface area contributed by atoms with Crippen molar-refractivity contribution in [3.8, 4) is 0 Å². The van der Waals surface area contributed by atoms with E-state index in [1.807, 2.05) is 18.8 Å². The van der Waals surface area contributed by atoms with Gasteiger partial charge in [-0.15, -0.1) is 0 Å². The Labute approximate surface area is 111 Å². The van der Waals surface area contributed by atoms with Crippen molar-refractivity contribution < 1.29 is 9.18 Å². The SMILES string of the molecule is CS[C@H]1CCC[C@@H]1N(C)C(=O)c1ccc(F)nc1. The van der Waals surface area contributed by atoms with E-state index in [0.29, 0.717) is 10.8 Å². The number of hydrogen-bond acceptors (Lipinski definition) is 3. The van der Waals surface area contributed by atoms with Gasteiger partial charge in [0, 0.05) is 24.5 Å². The van der Waals surface area contributed by atoms with E-state index < -0.39 is 5.95 Å². The van der Waals surface area contributed by atoms with Gasteiger partial charge >= 0.3 is 0 Å². The van der Waals surface area contributed by atoms with Gasteiger partial charge < -0.3 is 4.90 Å². The lowest BCUT2D eigenvalue weighted by Crippen LogP contribution is -2.40. The number of carbonyl (C=O) groups excluding carboxylic acids is 1. The minimum atomic E-state index is -0.558. The molecule has 2 rings (SSSR count). The van der Waals surface area contributed by atoms with Crippen LogP contribution in [0.25, 0.3) is 0 Å². The Morgan fingerprint density at radius 1 is 1.50 bits per heavy atom. The van der Waals surface area contributed by atoms with Gasteiger partial charge in [0.15, 0.2) is 0 Å². The molecule has 1 aliphatic carbocycles. The van der Waals surface area contributed by atoms with E-state index in [2.05, 4.69) is 11.2 Å². The third kappa shape index (κ3) is 2.66. The Morgan fingerprint density at radius 3 is 2.89 bits per heavy atom. The van der Waals surface area contributed by atoms with Crippen LogP contribution < -0.4 is 0 Å². The summed E-state index contributed by atoms with van der Waals surface area (Å²) in [6.45, 7) is 0. The monoisotopic (exact) mass is 268 g/mol. The third-order valence-electron chi connectivity index (χ3n) is 3.51. The molecule has 0 N–H and O–H groups in total. The highest BCUT2D eigenvalue weighted by atomic mass is 32.2. The van der Waals surface area contributed by atoms with Crippen molar-refractivity contribution in [2.75, 3.05) is 13.3 Å². The van der Waals surface area contributed by atoms with Gasteiger partial charge in [0.1, 0.15) is 0 Å². The number of nitrogens with zero attached hydrogens (tertiary/aromatic N) is 2. The Kier molecular flexibility index (Phi) is 4.22. The van der Waals surface area contributed by atoms with Crippen LogP contribution in [-0.2, 0) is 0 Å². The normalized spacial score (nSPS) is 23.1. The molecule has 0 saturated heterocycles. The number of pyridine rings is 1. The first-order valence-electron chi connectivity index (χ1n) is 6.05. The first kappa shape index (κ1) is 13.3. The standard InChI is InChI=1S/C13H17FN2OS/c1-16(10-4-3-5-11(10)18-2)13(17)9-6-7-12(14)15-8-9/h6-8,10-11H,3-5H2,1-2H3/t10-,11-/m0/s1. The maximum atomic E-state index is 12.7. The smallest absolute Gasteiger partial charge is 0.255 e. The lowest BCUT2D eigenvalue weighted by Gasteiger charge is -2.28. The Morgan fingerprint density at radius 2 is 2.28 bits per heavy atom. The molecule has 0 spiro atoms. The first-order valence-corrected chi connectivity index (χ1v) is 7.33. The lowest BCUT2D eigenvalue weighted by molar-refractivity contribution is 0.0738. The van der Waals surface area contributed by atoms with Crippen LogP contribution in [0.5, 0.6) is 0 Å². The van der Waals surface area contributed by atoms with E-state index in [9.17, 15) is 9.18 Å². The number of aromatic nitrogens is 1. The summed E-state index contributed by atoms with van der Waals surface area (Å²) in [6.07, 6.45) is 6.75. The molecule has 0 unspecified atom stereocenters. The highest BCUT2D eigenvalue weighted by molar-refractivity contribution is 7.99. The molecule has 2 atom stereocenters. The largest absolute Gasteiger partial charge is 0.338 e. The molecular weight excluding hydrogens is 251 g/mol. The predicted octanol–water partition coefficient (Wildman–Crippen LogP) is 2.58. The highest BCUT2D eigenvalue weighted by Crippen LogP contribution is 2.32. The van der Waals surface area contributed by atoms with Gasteiger partial charge in [0.25, 0.3) is 5.91 Å². The lowest BCUT2D eigenvalue weighted by atomic mass is 10.2. The van der Waals surface area contributed by atoms with Crippen molar-refractivity contribution in [2.45, 2.75) is 30.6 Å². The minimum Gasteiger partial charge on any atom is -0.338 e. The summed E-state index contributed by atoms with van der Waals surface area (Å²) in [7, 11) is 1.82. The van der Waals surface area contributed by atoms with E-state index >= 15 is 0 Å². The predicted molar refractivity (Wildman–Crippen MR) is 71.2 cm³/mol. The molecule has 1 heterocycles. The number of rotatable bonds is 3. The van der Waals surface area contributed by atoms with E-state index in [1.54, 1.807) is 4.90 Å². The maximum absolute atomic E-state index is 12.7. The van der Waals surface area contributed by atoms with Crippen molar-refractivity contribution >= 4 is 17.7 Å². The fourth-order valence-electron chi connectivity index (χ4n) is 2.48. The van der Waals surface area contributed by atoms with E-state index in [-0.39, 0.29) is 11.9 Å². The molecular formula is C13H17FN2OS. The quantitative estimate of drug-likeness (QED) is 0.790. The van der Waals surface area contributed by atoms with Crippen molar-refractivity contribution in [1.82, 2.24) is 9.88 Å². The molecule has 18 heavy (non-hydrogen) atoms. The summed E-state index contributed by atoms with van der Waals surface area (Å²) >= 11 is 1.81.